The summed E-state index contributed by atoms with van der Waals surface area (Å²) in [5.41, 5.74) is 1.11. The van der Waals surface area contributed by atoms with Crippen LogP contribution in [0.15, 0.2) is 29.2 Å². The van der Waals surface area contributed by atoms with Gasteiger partial charge in [0.25, 0.3) is 0 Å². The third-order valence-corrected chi connectivity index (χ3v) is 4.85. The number of benzene rings is 1. The van der Waals surface area contributed by atoms with Gasteiger partial charge in [0.15, 0.2) is 0 Å². The van der Waals surface area contributed by atoms with Gasteiger partial charge in [0, 0.05) is 12.6 Å². The minimum Gasteiger partial charge on any atom is -0.378 e. The van der Waals surface area contributed by atoms with Crippen molar-refractivity contribution in [2.45, 2.75) is 49.6 Å². The van der Waals surface area contributed by atoms with Crippen molar-refractivity contribution in [1.82, 2.24) is 5.32 Å². The number of nitrogens with two attached hydrogens (primary N) is 1. The van der Waals surface area contributed by atoms with E-state index in [9.17, 15) is 8.42 Å². The van der Waals surface area contributed by atoms with Crippen LogP contribution in [-0.4, -0.2) is 33.7 Å². The second-order valence-corrected chi connectivity index (χ2v) is 7.08. The molecule has 3 N–H and O–H groups in total. The summed E-state index contributed by atoms with van der Waals surface area (Å²) in [4.78, 5) is 0.162. The molecule has 0 aliphatic carbocycles. The summed E-state index contributed by atoms with van der Waals surface area (Å²) >= 11 is 0. The van der Waals surface area contributed by atoms with Gasteiger partial charge in [-0.25, -0.2) is 13.6 Å². The van der Waals surface area contributed by atoms with Crippen LogP contribution >= 0.6 is 0 Å². The van der Waals surface area contributed by atoms with Crippen molar-refractivity contribution in [3.63, 3.8) is 0 Å². The molecule has 2 atom stereocenters. The van der Waals surface area contributed by atoms with Crippen molar-refractivity contribution in [3.05, 3.63) is 29.8 Å². The molecule has 6 heteroatoms. The van der Waals surface area contributed by atoms with Crippen LogP contribution < -0.4 is 10.5 Å². The predicted molar refractivity (Wildman–Crippen MR) is 82.6 cm³/mol. The average Bonchev–Trinajstić information content (AvgIpc) is 2.47. The smallest absolute Gasteiger partial charge is 0.238 e. The molecule has 5 nitrogen and oxygen atoms in total. The first kappa shape index (κ1) is 16.4. The third kappa shape index (κ3) is 5.07. The van der Waals surface area contributed by atoms with Gasteiger partial charge in [-0.05, 0) is 49.9 Å². The zero-order chi connectivity index (χ0) is 15.3. The Morgan fingerprint density at radius 1 is 1.33 bits per heavy atom. The maximum atomic E-state index is 11.2. The number of hydrogen-bond acceptors (Lipinski definition) is 4. The molecule has 0 saturated carbocycles. The molecule has 1 heterocycles. The van der Waals surface area contributed by atoms with E-state index in [0.717, 1.165) is 44.4 Å². The Labute approximate surface area is 126 Å². The average molecular weight is 312 g/mol. The summed E-state index contributed by atoms with van der Waals surface area (Å²) in [6.45, 7) is 3.87. The summed E-state index contributed by atoms with van der Waals surface area (Å²) in [5.74, 6) is 0. The molecular formula is C15H24N2O3S. The van der Waals surface area contributed by atoms with Crippen LogP contribution in [0.2, 0.25) is 0 Å². The van der Waals surface area contributed by atoms with E-state index >= 15 is 0 Å². The first-order valence-corrected chi connectivity index (χ1v) is 9.00. The zero-order valence-electron chi connectivity index (χ0n) is 12.4. The van der Waals surface area contributed by atoms with E-state index in [0.29, 0.717) is 12.1 Å². The van der Waals surface area contributed by atoms with E-state index in [1.165, 1.54) is 0 Å². The second-order valence-electron chi connectivity index (χ2n) is 5.52. The highest BCUT2D eigenvalue weighted by Crippen LogP contribution is 2.16. The van der Waals surface area contributed by atoms with Crippen molar-refractivity contribution < 1.29 is 13.2 Å². The summed E-state index contributed by atoms with van der Waals surface area (Å²) < 4.78 is 28.0. The molecule has 1 saturated heterocycles. The van der Waals surface area contributed by atoms with Gasteiger partial charge < -0.3 is 10.1 Å². The standard InChI is InChI=1S/C15H24N2O3S/c1-2-14-11-13(8-10-20-14)17-9-7-12-3-5-15(6-4-12)21(16,18)19/h3-6,13-14,17H,2,7-11H2,1H3,(H2,16,18,19). The highest BCUT2D eigenvalue weighted by atomic mass is 32.2. The van der Waals surface area contributed by atoms with E-state index < -0.39 is 10.0 Å². The molecule has 0 amide bonds. The van der Waals surface area contributed by atoms with Crippen LogP contribution in [0, 0.1) is 0 Å². The molecular weight excluding hydrogens is 288 g/mol. The van der Waals surface area contributed by atoms with Gasteiger partial charge in [-0.2, -0.15) is 0 Å². The zero-order valence-corrected chi connectivity index (χ0v) is 13.2. The van der Waals surface area contributed by atoms with Crippen LogP contribution in [0.5, 0.6) is 0 Å². The summed E-state index contributed by atoms with van der Waals surface area (Å²) in [6.07, 6.45) is 4.44. The second kappa shape index (κ2) is 7.35. The molecule has 1 fully saturated rings. The first-order valence-electron chi connectivity index (χ1n) is 7.45. The number of sulfonamides is 1. The third-order valence-electron chi connectivity index (χ3n) is 3.92. The van der Waals surface area contributed by atoms with Gasteiger partial charge in [0.1, 0.15) is 0 Å². The Balaban J connectivity index is 1.78. The normalized spacial score (nSPS) is 23.1. The Bertz CT molecular complexity index is 543. The molecule has 0 spiro atoms. The molecule has 1 aliphatic heterocycles. The molecule has 21 heavy (non-hydrogen) atoms. The number of nitrogens with one attached hydrogen (secondary N) is 1. The molecule has 1 aromatic rings. The quantitative estimate of drug-likeness (QED) is 0.832. The van der Waals surface area contributed by atoms with Crippen molar-refractivity contribution in [2.75, 3.05) is 13.2 Å². The van der Waals surface area contributed by atoms with Crippen molar-refractivity contribution in [3.8, 4) is 0 Å². The van der Waals surface area contributed by atoms with Crippen molar-refractivity contribution in [1.29, 1.82) is 0 Å². The molecule has 0 radical (unpaired) electrons. The van der Waals surface area contributed by atoms with Crippen molar-refractivity contribution in [2.24, 2.45) is 5.14 Å². The lowest BCUT2D eigenvalue weighted by Crippen LogP contribution is -2.39. The van der Waals surface area contributed by atoms with E-state index in [1.54, 1.807) is 12.1 Å². The van der Waals surface area contributed by atoms with E-state index in [-0.39, 0.29) is 4.90 Å². The van der Waals surface area contributed by atoms with Gasteiger partial charge in [-0.1, -0.05) is 19.1 Å². The SMILES string of the molecule is CCC1CC(NCCc2ccc(S(N)(=O)=O)cc2)CCO1. The molecule has 2 rings (SSSR count). The Hall–Kier alpha value is -0.950. The van der Waals surface area contributed by atoms with Crippen LogP contribution in [0.25, 0.3) is 0 Å². The molecule has 1 aliphatic rings. The molecule has 1 aromatic carbocycles. The number of primary sulfonamides is 1. The summed E-state index contributed by atoms with van der Waals surface area (Å²) in [6, 6.07) is 7.28. The minimum absolute atomic E-state index is 0.162. The molecule has 118 valence electrons. The van der Waals surface area contributed by atoms with Gasteiger partial charge in [0.2, 0.25) is 10.0 Å². The van der Waals surface area contributed by atoms with Gasteiger partial charge in [-0.15, -0.1) is 0 Å². The molecule has 2 unspecified atom stereocenters. The van der Waals surface area contributed by atoms with Crippen molar-refractivity contribution >= 4 is 10.0 Å². The summed E-state index contributed by atoms with van der Waals surface area (Å²) in [5, 5.41) is 8.63. The van der Waals surface area contributed by atoms with E-state index in [2.05, 4.69) is 12.2 Å². The number of hydrogen-bond donors (Lipinski definition) is 2. The van der Waals surface area contributed by atoms with Gasteiger partial charge >= 0.3 is 0 Å². The largest absolute Gasteiger partial charge is 0.378 e. The lowest BCUT2D eigenvalue weighted by atomic mass is 10.0. The maximum Gasteiger partial charge on any atom is 0.238 e. The van der Waals surface area contributed by atoms with Crippen LogP contribution in [-0.2, 0) is 21.2 Å². The fourth-order valence-corrected chi connectivity index (χ4v) is 3.13. The lowest BCUT2D eigenvalue weighted by Gasteiger charge is -2.29. The Kier molecular flexibility index (Phi) is 5.75. The summed E-state index contributed by atoms with van der Waals surface area (Å²) in [7, 11) is -3.60. The minimum atomic E-state index is -3.60. The number of rotatable bonds is 6. The monoisotopic (exact) mass is 312 g/mol. The Morgan fingerprint density at radius 2 is 2.05 bits per heavy atom. The van der Waals surface area contributed by atoms with Gasteiger partial charge in [0.05, 0.1) is 11.0 Å². The van der Waals surface area contributed by atoms with Gasteiger partial charge in [-0.3, -0.25) is 0 Å². The highest BCUT2D eigenvalue weighted by molar-refractivity contribution is 7.89. The maximum absolute atomic E-state index is 11.2. The fraction of sp³-hybridized carbons (Fsp3) is 0.600. The molecule has 0 bridgehead atoms. The molecule has 0 aromatic heterocycles. The predicted octanol–water partition coefficient (Wildman–Crippen LogP) is 1.42. The van der Waals surface area contributed by atoms with Crippen LogP contribution in [0.3, 0.4) is 0 Å². The van der Waals surface area contributed by atoms with E-state index in [4.69, 9.17) is 9.88 Å². The topological polar surface area (TPSA) is 81.4 Å². The van der Waals surface area contributed by atoms with E-state index in [1.807, 2.05) is 12.1 Å². The van der Waals surface area contributed by atoms with Crippen LogP contribution in [0.1, 0.15) is 31.7 Å². The highest BCUT2D eigenvalue weighted by Gasteiger charge is 2.20. The lowest BCUT2D eigenvalue weighted by molar-refractivity contribution is 0.000116. The Morgan fingerprint density at radius 3 is 2.67 bits per heavy atom. The van der Waals surface area contributed by atoms with Crippen LogP contribution in [0.4, 0.5) is 0 Å². The first-order chi connectivity index (χ1) is 9.99. The number of ether oxygens (including phenoxy) is 1. The fourth-order valence-electron chi connectivity index (χ4n) is 2.62.